The molecule has 2 aromatic rings. The summed E-state index contributed by atoms with van der Waals surface area (Å²) in [4.78, 5) is 26.4. The van der Waals surface area contributed by atoms with Crippen LogP contribution in [-0.2, 0) is 20.7 Å². The Bertz CT molecular complexity index is 824. The standard InChI is InChI=1S/C19H24N4O4S/c1-12(11-26-2)23-10-14(9-17(23)24)18(25)20-19-22-21-16(28-19)8-13-4-6-15(27-3)7-5-13/h4-7,12,14H,8-11H2,1-3H3,(H,20,22,25)/t12-,14-/m1/s1. The number of methoxy groups -OCH3 is 2. The molecule has 28 heavy (non-hydrogen) atoms. The fraction of sp³-hybridized carbons (Fsp3) is 0.474. The molecule has 0 saturated carbocycles. The number of carbonyl (C=O) groups excluding carboxylic acids is 2. The van der Waals surface area contributed by atoms with Gasteiger partial charge in [-0.1, -0.05) is 23.5 Å². The van der Waals surface area contributed by atoms with E-state index in [9.17, 15) is 9.59 Å². The number of hydrogen-bond donors (Lipinski definition) is 1. The number of carbonyl (C=O) groups is 2. The van der Waals surface area contributed by atoms with Gasteiger partial charge in [0.1, 0.15) is 10.8 Å². The summed E-state index contributed by atoms with van der Waals surface area (Å²) in [6.45, 7) is 2.76. The summed E-state index contributed by atoms with van der Waals surface area (Å²) < 4.78 is 10.3. The van der Waals surface area contributed by atoms with Gasteiger partial charge in [-0.2, -0.15) is 0 Å². The highest BCUT2D eigenvalue weighted by atomic mass is 32.1. The van der Waals surface area contributed by atoms with Crippen LogP contribution in [0.15, 0.2) is 24.3 Å². The molecule has 1 fully saturated rings. The number of anilines is 1. The van der Waals surface area contributed by atoms with E-state index in [0.717, 1.165) is 16.3 Å². The molecule has 0 spiro atoms. The van der Waals surface area contributed by atoms with Gasteiger partial charge in [0.15, 0.2) is 0 Å². The van der Waals surface area contributed by atoms with Gasteiger partial charge in [-0.3, -0.25) is 9.59 Å². The van der Waals surface area contributed by atoms with E-state index < -0.39 is 0 Å². The van der Waals surface area contributed by atoms with Crippen LogP contribution in [0.5, 0.6) is 5.75 Å². The van der Waals surface area contributed by atoms with Crippen LogP contribution in [0.1, 0.15) is 23.9 Å². The van der Waals surface area contributed by atoms with E-state index in [1.54, 1.807) is 19.1 Å². The lowest BCUT2D eigenvalue weighted by molar-refractivity contribution is -0.130. The van der Waals surface area contributed by atoms with Crippen molar-refractivity contribution in [1.82, 2.24) is 15.1 Å². The molecule has 0 aliphatic carbocycles. The summed E-state index contributed by atoms with van der Waals surface area (Å²) in [5.41, 5.74) is 1.08. The topological polar surface area (TPSA) is 93.7 Å². The highest BCUT2D eigenvalue weighted by Crippen LogP contribution is 2.24. The number of nitrogens with zero attached hydrogens (tertiary/aromatic N) is 3. The molecule has 150 valence electrons. The Kier molecular flexibility index (Phi) is 6.58. The third-order valence-electron chi connectivity index (χ3n) is 4.68. The lowest BCUT2D eigenvalue weighted by Crippen LogP contribution is -2.38. The van der Waals surface area contributed by atoms with Crippen molar-refractivity contribution in [2.45, 2.75) is 25.8 Å². The van der Waals surface area contributed by atoms with E-state index in [2.05, 4.69) is 15.5 Å². The van der Waals surface area contributed by atoms with Crippen molar-refractivity contribution >= 4 is 28.3 Å². The Labute approximate surface area is 167 Å². The monoisotopic (exact) mass is 404 g/mol. The number of hydrogen-bond acceptors (Lipinski definition) is 7. The van der Waals surface area contributed by atoms with E-state index in [4.69, 9.17) is 9.47 Å². The van der Waals surface area contributed by atoms with Crippen LogP contribution in [0.4, 0.5) is 5.13 Å². The highest BCUT2D eigenvalue weighted by molar-refractivity contribution is 7.15. The lowest BCUT2D eigenvalue weighted by Gasteiger charge is -2.23. The van der Waals surface area contributed by atoms with Crippen molar-refractivity contribution in [1.29, 1.82) is 0 Å². The molecule has 8 nitrogen and oxygen atoms in total. The second kappa shape index (κ2) is 9.11. The van der Waals surface area contributed by atoms with Gasteiger partial charge in [0.05, 0.1) is 25.7 Å². The molecule has 3 rings (SSSR count). The normalized spacial score (nSPS) is 17.6. The minimum atomic E-state index is -0.388. The molecule has 1 saturated heterocycles. The molecule has 1 N–H and O–H groups in total. The fourth-order valence-electron chi connectivity index (χ4n) is 3.17. The predicted octanol–water partition coefficient (Wildman–Crippen LogP) is 1.96. The van der Waals surface area contributed by atoms with Crippen molar-refractivity contribution < 1.29 is 19.1 Å². The molecule has 0 radical (unpaired) electrons. The first-order valence-electron chi connectivity index (χ1n) is 9.04. The second-order valence-electron chi connectivity index (χ2n) is 6.77. The number of likely N-dealkylation sites (tertiary alicyclic amines) is 1. The van der Waals surface area contributed by atoms with Gasteiger partial charge in [-0.25, -0.2) is 0 Å². The molecule has 2 amide bonds. The second-order valence-corrected chi connectivity index (χ2v) is 7.83. The molecule has 1 aliphatic heterocycles. The predicted molar refractivity (Wildman–Crippen MR) is 105 cm³/mol. The van der Waals surface area contributed by atoms with Crippen molar-refractivity contribution in [2.24, 2.45) is 5.92 Å². The van der Waals surface area contributed by atoms with Crippen LogP contribution >= 0.6 is 11.3 Å². The third kappa shape index (κ3) is 4.85. The molecular formula is C19H24N4O4S. The molecule has 1 aromatic heterocycles. The summed E-state index contributed by atoms with van der Waals surface area (Å²) >= 11 is 1.34. The molecule has 0 unspecified atom stereocenters. The number of aromatic nitrogens is 2. The molecule has 0 bridgehead atoms. The Hall–Kier alpha value is -2.52. The van der Waals surface area contributed by atoms with Crippen molar-refractivity contribution in [3.63, 3.8) is 0 Å². The van der Waals surface area contributed by atoms with Gasteiger partial charge in [0.25, 0.3) is 0 Å². The maximum absolute atomic E-state index is 12.5. The summed E-state index contributed by atoms with van der Waals surface area (Å²) in [6, 6.07) is 7.68. The third-order valence-corrected chi connectivity index (χ3v) is 5.52. The molecule has 2 heterocycles. The molecule has 1 aliphatic rings. The quantitative estimate of drug-likeness (QED) is 0.723. The summed E-state index contributed by atoms with van der Waals surface area (Å²) in [7, 11) is 3.23. The van der Waals surface area contributed by atoms with Crippen LogP contribution in [0.2, 0.25) is 0 Å². The van der Waals surface area contributed by atoms with Crippen LogP contribution in [0.25, 0.3) is 0 Å². The maximum atomic E-state index is 12.5. The number of amides is 2. The van der Waals surface area contributed by atoms with Gasteiger partial charge in [-0.15, -0.1) is 10.2 Å². The zero-order valence-corrected chi connectivity index (χ0v) is 17.0. The van der Waals surface area contributed by atoms with Gasteiger partial charge < -0.3 is 19.7 Å². The number of nitrogens with one attached hydrogen (secondary N) is 1. The van der Waals surface area contributed by atoms with Gasteiger partial charge in [-0.05, 0) is 24.6 Å². The van der Waals surface area contributed by atoms with Crippen LogP contribution in [0.3, 0.4) is 0 Å². The summed E-state index contributed by atoms with van der Waals surface area (Å²) in [6.07, 6.45) is 0.832. The Morgan fingerprint density at radius 1 is 1.32 bits per heavy atom. The van der Waals surface area contributed by atoms with Crippen molar-refractivity contribution in [3.8, 4) is 5.75 Å². The number of rotatable bonds is 8. The van der Waals surface area contributed by atoms with E-state index in [1.807, 2.05) is 31.2 Å². The van der Waals surface area contributed by atoms with E-state index in [1.165, 1.54) is 11.3 Å². The van der Waals surface area contributed by atoms with Crippen molar-refractivity contribution in [3.05, 3.63) is 34.8 Å². The Balaban J connectivity index is 1.55. The van der Waals surface area contributed by atoms with Gasteiger partial charge in [0.2, 0.25) is 16.9 Å². The van der Waals surface area contributed by atoms with E-state index in [0.29, 0.717) is 24.7 Å². The van der Waals surface area contributed by atoms with Crippen LogP contribution in [-0.4, -0.2) is 60.3 Å². The maximum Gasteiger partial charge on any atom is 0.231 e. The zero-order valence-electron chi connectivity index (χ0n) is 16.2. The first-order chi connectivity index (χ1) is 13.5. The molecule has 2 atom stereocenters. The van der Waals surface area contributed by atoms with E-state index in [-0.39, 0.29) is 30.2 Å². The molecule has 1 aromatic carbocycles. The highest BCUT2D eigenvalue weighted by Gasteiger charge is 2.36. The van der Waals surface area contributed by atoms with Gasteiger partial charge in [0, 0.05) is 26.5 Å². The number of ether oxygens (including phenoxy) is 2. The summed E-state index contributed by atoms with van der Waals surface area (Å²) in [5.74, 6) is 0.185. The SMILES string of the molecule is COC[C@@H](C)N1C[C@H](C(=O)Nc2nnc(Cc3ccc(OC)cc3)s2)CC1=O. The van der Waals surface area contributed by atoms with Gasteiger partial charge >= 0.3 is 0 Å². The average molecular weight is 404 g/mol. The first kappa shape index (κ1) is 20.2. The first-order valence-corrected chi connectivity index (χ1v) is 9.86. The molecule has 9 heteroatoms. The summed E-state index contributed by atoms with van der Waals surface area (Å²) in [5, 5.41) is 12.2. The Morgan fingerprint density at radius 3 is 2.75 bits per heavy atom. The minimum Gasteiger partial charge on any atom is -0.497 e. The number of benzene rings is 1. The van der Waals surface area contributed by atoms with Crippen LogP contribution < -0.4 is 10.1 Å². The molecular weight excluding hydrogens is 380 g/mol. The lowest BCUT2D eigenvalue weighted by atomic mass is 10.1. The minimum absolute atomic E-state index is 0.0258. The smallest absolute Gasteiger partial charge is 0.231 e. The largest absolute Gasteiger partial charge is 0.497 e. The van der Waals surface area contributed by atoms with Crippen LogP contribution in [0, 0.1) is 5.92 Å². The van der Waals surface area contributed by atoms with E-state index >= 15 is 0 Å². The Morgan fingerprint density at radius 2 is 2.07 bits per heavy atom. The zero-order chi connectivity index (χ0) is 20.1. The average Bonchev–Trinajstić information content (AvgIpc) is 3.29. The fourth-order valence-corrected chi connectivity index (χ4v) is 3.94. The van der Waals surface area contributed by atoms with Crippen molar-refractivity contribution in [2.75, 3.05) is 32.7 Å².